The number of carbonyl (C=O) groups excluding carboxylic acids is 1. The van der Waals surface area contributed by atoms with Crippen LogP contribution in [0.1, 0.15) is 51.5 Å². The van der Waals surface area contributed by atoms with Crippen LogP contribution >= 0.6 is 11.6 Å². The fourth-order valence-electron chi connectivity index (χ4n) is 3.92. The minimum absolute atomic E-state index is 0.0893. The maximum absolute atomic E-state index is 13.1. The molecule has 0 spiro atoms. The Morgan fingerprint density at radius 3 is 2.60 bits per heavy atom. The van der Waals surface area contributed by atoms with Gasteiger partial charge in [-0.1, -0.05) is 47.5 Å². The van der Waals surface area contributed by atoms with E-state index < -0.39 is 0 Å². The van der Waals surface area contributed by atoms with Crippen molar-refractivity contribution >= 4 is 17.5 Å². The Hall–Kier alpha value is -2.63. The predicted octanol–water partition coefficient (Wildman–Crippen LogP) is 4.54. The summed E-state index contributed by atoms with van der Waals surface area (Å²) >= 11 is 6.37. The zero-order valence-corrected chi connectivity index (χ0v) is 18.2. The molecule has 6 heteroatoms. The second kappa shape index (κ2) is 9.02. The van der Waals surface area contributed by atoms with E-state index in [4.69, 9.17) is 11.6 Å². The third kappa shape index (κ3) is 4.42. The van der Waals surface area contributed by atoms with E-state index in [0.29, 0.717) is 17.1 Å². The van der Waals surface area contributed by atoms with Gasteiger partial charge in [-0.05, 0) is 63.0 Å². The van der Waals surface area contributed by atoms with Crippen LogP contribution in [0.5, 0.6) is 0 Å². The molecular formula is C24H27ClN4O. The first-order chi connectivity index (χ1) is 14.5. The first-order valence-electron chi connectivity index (χ1n) is 10.4. The largest absolute Gasteiger partial charge is 0.348 e. The Morgan fingerprint density at radius 2 is 1.90 bits per heavy atom. The molecule has 1 aliphatic rings. The predicted molar refractivity (Wildman–Crippen MR) is 121 cm³/mol. The molecule has 1 aliphatic heterocycles. The maximum atomic E-state index is 13.1. The molecule has 1 fully saturated rings. The molecule has 0 saturated carbocycles. The molecule has 2 N–H and O–H groups in total. The number of nitrogens with zero attached hydrogens (tertiary/aromatic N) is 2. The standard InChI is InChI=1S/C24H27ClN4O/c1-16-3-6-18(7-4-16)14-27-24(30)21-15-28-29(20-8-5-17(2)22(25)13-20)23(21)19-9-11-26-12-10-19/h3-8,13,15,19,26H,9-12,14H2,1-2H3,(H,27,30). The number of carbonyl (C=O) groups is 1. The van der Waals surface area contributed by atoms with Crippen molar-refractivity contribution < 1.29 is 4.79 Å². The van der Waals surface area contributed by atoms with Gasteiger partial charge in [0.25, 0.3) is 5.91 Å². The van der Waals surface area contributed by atoms with Crippen molar-refractivity contribution in [2.75, 3.05) is 13.1 Å². The molecule has 0 bridgehead atoms. The molecular weight excluding hydrogens is 396 g/mol. The molecule has 156 valence electrons. The molecule has 1 aromatic heterocycles. The maximum Gasteiger partial charge on any atom is 0.255 e. The van der Waals surface area contributed by atoms with Crippen LogP contribution in [0.2, 0.25) is 5.02 Å². The number of nitrogens with one attached hydrogen (secondary N) is 2. The lowest BCUT2D eigenvalue weighted by Crippen LogP contribution is -2.30. The Morgan fingerprint density at radius 1 is 1.17 bits per heavy atom. The Bertz CT molecular complexity index is 1040. The smallest absolute Gasteiger partial charge is 0.255 e. The lowest BCUT2D eigenvalue weighted by molar-refractivity contribution is 0.0949. The highest BCUT2D eigenvalue weighted by Gasteiger charge is 2.27. The zero-order valence-electron chi connectivity index (χ0n) is 17.4. The summed E-state index contributed by atoms with van der Waals surface area (Å²) in [4.78, 5) is 13.1. The lowest BCUT2D eigenvalue weighted by Gasteiger charge is -2.25. The first-order valence-corrected chi connectivity index (χ1v) is 10.8. The van der Waals surface area contributed by atoms with Crippen LogP contribution in [0.25, 0.3) is 5.69 Å². The molecule has 0 aliphatic carbocycles. The lowest BCUT2D eigenvalue weighted by atomic mass is 9.91. The van der Waals surface area contributed by atoms with Gasteiger partial charge in [0.1, 0.15) is 0 Å². The Balaban J connectivity index is 1.64. The molecule has 0 radical (unpaired) electrons. The van der Waals surface area contributed by atoms with Gasteiger partial charge in [0.05, 0.1) is 23.1 Å². The second-order valence-electron chi connectivity index (χ2n) is 7.98. The third-order valence-corrected chi connectivity index (χ3v) is 6.16. The van der Waals surface area contributed by atoms with Crippen LogP contribution in [0.4, 0.5) is 0 Å². The van der Waals surface area contributed by atoms with Gasteiger partial charge >= 0.3 is 0 Å². The number of amides is 1. The fourth-order valence-corrected chi connectivity index (χ4v) is 4.10. The zero-order chi connectivity index (χ0) is 21.1. The van der Waals surface area contributed by atoms with Gasteiger partial charge in [0.2, 0.25) is 0 Å². The van der Waals surface area contributed by atoms with Crippen molar-refractivity contribution in [1.29, 1.82) is 0 Å². The number of rotatable bonds is 5. The third-order valence-electron chi connectivity index (χ3n) is 5.75. The van der Waals surface area contributed by atoms with E-state index in [2.05, 4.69) is 34.8 Å². The SMILES string of the molecule is Cc1ccc(CNC(=O)c2cnn(-c3ccc(C)c(Cl)c3)c2C2CCNCC2)cc1. The summed E-state index contributed by atoms with van der Waals surface area (Å²) in [6.07, 6.45) is 3.64. The second-order valence-corrected chi connectivity index (χ2v) is 8.39. The van der Waals surface area contributed by atoms with Crippen molar-refractivity contribution in [2.24, 2.45) is 0 Å². The van der Waals surface area contributed by atoms with Crippen molar-refractivity contribution in [3.05, 3.63) is 81.6 Å². The van der Waals surface area contributed by atoms with Crippen LogP contribution in [-0.4, -0.2) is 28.8 Å². The van der Waals surface area contributed by atoms with Crippen LogP contribution in [0, 0.1) is 13.8 Å². The molecule has 2 aromatic carbocycles. The van der Waals surface area contributed by atoms with Crippen molar-refractivity contribution in [3.8, 4) is 5.69 Å². The van der Waals surface area contributed by atoms with Crippen LogP contribution in [0.15, 0.2) is 48.7 Å². The molecule has 0 unspecified atom stereocenters. The molecule has 0 atom stereocenters. The molecule has 30 heavy (non-hydrogen) atoms. The van der Waals surface area contributed by atoms with E-state index in [0.717, 1.165) is 48.4 Å². The number of piperidine rings is 1. The number of benzene rings is 2. The van der Waals surface area contributed by atoms with Gasteiger partial charge in [-0.3, -0.25) is 4.79 Å². The monoisotopic (exact) mass is 422 g/mol. The summed E-state index contributed by atoms with van der Waals surface area (Å²) in [5, 5.41) is 11.8. The molecule has 3 aromatic rings. The number of aryl methyl sites for hydroxylation is 2. The van der Waals surface area contributed by atoms with Gasteiger partial charge in [-0.15, -0.1) is 0 Å². The molecule has 1 amide bonds. The van der Waals surface area contributed by atoms with Gasteiger partial charge in [0.15, 0.2) is 0 Å². The van der Waals surface area contributed by atoms with E-state index in [1.54, 1.807) is 6.20 Å². The first kappa shape index (κ1) is 20.6. The van der Waals surface area contributed by atoms with Gasteiger partial charge in [-0.25, -0.2) is 4.68 Å². The normalized spacial score (nSPS) is 14.6. The van der Waals surface area contributed by atoms with Gasteiger partial charge in [-0.2, -0.15) is 5.10 Å². The summed E-state index contributed by atoms with van der Waals surface area (Å²) in [6, 6.07) is 14.1. The molecule has 4 rings (SSSR count). The number of aromatic nitrogens is 2. The van der Waals surface area contributed by atoms with E-state index in [-0.39, 0.29) is 11.8 Å². The highest BCUT2D eigenvalue weighted by molar-refractivity contribution is 6.31. The van der Waals surface area contributed by atoms with Crippen LogP contribution < -0.4 is 10.6 Å². The molecule has 5 nitrogen and oxygen atoms in total. The summed E-state index contributed by atoms with van der Waals surface area (Å²) < 4.78 is 1.89. The fraction of sp³-hybridized carbons (Fsp3) is 0.333. The molecule has 2 heterocycles. The highest BCUT2D eigenvalue weighted by Crippen LogP contribution is 2.31. The average Bonchev–Trinajstić information content (AvgIpc) is 3.21. The van der Waals surface area contributed by atoms with Crippen LogP contribution in [0.3, 0.4) is 0 Å². The topological polar surface area (TPSA) is 59.0 Å². The molecule has 1 saturated heterocycles. The number of halogens is 1. The Kier molecular flexibility index (Phi) is 6.21. The van der Waals surface area contributed by atoms with Crippen LogP contribution in [-0.2, 0) is 6.54 Å². The van der Waals surface area contributed by atoms with Crippen molar-refractivity contribution in [3.63, 3.8) is 0 Å². The summed E-state index contributed by atoms with van der Waals surface area (Å²) in [5.74, 6) is 0.183. The minimum atomic E-state index is -0.0893. The quantitative estimate of drug-likeness (QED) is 0.634. The number of hydrogen-bond donors (Lipinski definition) is 2. The summed E-state index contributed by atoms with van der Waals surface area (Å²) in [7, 11) is 0. The number of hydrogen-bond acceptors (Lipinski definition) is 3. The Labute approximate surface area is 182 Å². The van der Waals surface area contributed by atoms with E-state index in [1.165, 1.54) is 5.56 Å². The van der Waals surface area contributed by atoms with Crippen molar-refractivity contribution in [2.45, 2.75) is 39.2 Å². The van der Waals surface area contributed by atoms with Crippen molar-refractivity contribution in [1.82, 2.24) is 20.4 Å². The average molecular weight is 423 g/mol. The summed E-state index contributed by atoms with van der Waals surface area (Å²) in [6.45, 7) is 6.41. The highest BCUT2D eigenvalue weighted by atomic mass is 35.5. The van der Waals surface area contributed by atoms with E-state index in [1.807, 2.05) is 41.9 Å². The van der Waals surface area contributed by atoms with Gasteiger partial charge < -0.3 is 10.6 Å². The summed E-state index contributed by atoms with van der Waals surface area (Å²) in [5.41, 5.74) is 5.80. The van der Waals surface area contributed by atoms with E-state index >= 15 is 0 Å². The van der Waals surface area contributed by atoms with E-state index in [9.17, 15) is 4.79 Å². The minimum Gasteiger partial charge on any atom is -0.348 e. The van der Waals surface area contributed by atoms with Gasteiger partial charge in [0, 0.05) is 17.5 Å².